The van der Waals surface area contributed by atoms with Gasteiger partial charge in [0.05, 0.1) is 62.3 Å². The molecule has 2 aliphatic heterocycles. The number of fused-ring (bicyclic) bond motifs is 2. The molecule has 0 unspecified atom stereocenters. The van der Waals surface area contributed by atoms with Crippen LogP contribution in [-0.4, -0.2) is 60.0 Å². The third kappa shape index (κ3) is 38.1. The number of halogens is 6. The molecular weight excluding hydrogens is 1420 g/mol. The summed E-state index contributed by atoms with van der Waals surface area (Å²) >= 11 is 43.0. The quantitative estimate of drug-likeness (QED) is 0.0400. The lowest BCUT2D eigenvalue weighted by molar-refractivity contribution is 0.259. The molecular formula is C74H102Cl6O4S8. The average molecular weight is 1520 g/mol. The van der Waals surface area contributed by atoms with Crippen LogP contribution >= 0.6 is 164 Å². The van der Waals surface area contributed by atoms with Gasteiger partial charge in [-0.05, 0) is 50.7 Å². The number of rotatable bonds is 44. The fourth-order valence-corrected chi connectivity index (χ4v) is 19.5. The van der Waals surface area contributed by atoms with Crippen molar-refractivity contribution in [2.75, 3.05) is 51.5 Å². The Morgan fingerprint density at radius 2 is 0.467 bits per heavy atom. The molecule has 0 atom stereocenters. The average Bonchev–Trinajstić information content (AvgIpc) is 1.29. The molecule has 2 aliphatic rings. The lowest BCUT2D eigenvalue weighted by Crippen LogP contribution is -2.03. The van der Waals surface area contributed by atoms with Crippen LogP contribution in [-0.2, 0) is 0 Å². The van der Waals surface area contributed by atoms with Crippen LogP contribution in [0.5, 0.6) is 23.0 Å². The largest absolute Gasteiger partial charge is 0.490 e. The first-order valence-corrected chi connectivity index (χ1v) is 44.3. The summed E-state index contributed by atoms with van der Waals surface area (Å²) in [6.07, 6.45) is 48.2. The van der Waals surface area contributed by atoms with Crippen molar-refractivity contribution >= 4 is 194 Å². The van der Waals surface area contributed by atoms with Crippen LogP contribution in [0, 0.1) is 48.5 Å². The molecule has 3 aromatic rings. The van der Waals surface area contributed by atoms with Gasteiger partial charge in [0.1, 0.15) is 0 Å². The third-order valence-corrected chi connectivity index (χ3v) is 25.2. The van der Waals surface area contributed by atoms with Crippen LogP contribution in [0.2, 0.25) is 0 Å². The zero-order valence-electron chi connectivity index (χ0n) is 56.1. The molecule has 512 valence electrons. The zero-order chi connectivity index (χ0) is 66.8. The molecule has 4 nitrogen and oxygen atoms in total. The van der Waals surface area contributed by atoms with E-state index in [9.17, 15) is 0 Å². The van der Waals surface area contributed by atoms with Gasteiger partial charge in [0.2, 0.25) is 0 Å². The van der Waals surface area contributed by atoms with Crippen molar-refractivity contribution in [2.24, 2.45) is 0 Å². The molecule has 0 spiro atoms. The van der Waals surface area contributed by atoms with E-state index in [1.54, 1.807) is 94.1 Å². The molecule has 0 bridgehead atoms. The molecule has 0 radical (unpaired) electrons. The van der Waals surface area contributed by atoms with Crippen molar-refractivity contribution in [2.45, 2.75) is 242 Å². The number of benzene rings is 2. The first kappa shape index (κ1) is 85.6. The minimum Gasteiger partial charge on any atom is -0.490 e. The van der Waals surface area contributed by atoms with E-state index in [0.29, 0.717) is 26.4 Å². The number of hydrogen-bond acceptors (Lipinski definition) is 12. The molecule has 0 saturated heterocycles. The summed E-state index contributed by atoms with van der Waals surface area (Å²) in [5, 5.41) is 4.68. The smallest absolute Gasteiger partial charge is 0.180 e. The second kappa shape index (κ2) is 56.2. The number of ether oxygens (including phenoxy) is 4. The molecule has 0 N–H and O–H groups in total. The van der Waals surface area contributed by atoms with Crippen LogP contribution in [0.4, 0.5) is 0 Å². The molecule has 0 amide bonds. The molecule has 0 saturated carbocycles. The maximum absolute atomic E-state index is 6.74. The summed E-state index contributed by atoms with van der Waals surface area (Å²) in [6.45, 7) is 11.6. The minimum absolute atomic E-state index is 0.620. The van der Waals surface area contributed by atoms with Gasteiger partial charge in [0, 0.05) is 45.8 Å². The Labute approximate surface area is 622 Å². The van der Waals surface area contributed by atoms with Gasteiger partial charge in [0.15, 0.2) is 31.6 Å². The maximum Gasteiger partial charge on any atom is 0.180 e. The van der Waals surface area contributed by atoms with E-state index in [2.05, 4.69) is 126 Å². The van der Waals surface area contributed by atoms with Crippen molar-refractivity contribution < 1.29 is 18.9 Å². The van der Waals surface area contributed by atoms with Gasteiger partial charge in [-0.1, -0.05) is 373 Å². The molecule has 18 heteroatoms. The molecule has 0 aliphatic carbocycles. The Morgan fingerprint density at radius 1 is 0.293 bits per heavy atom. The van der Waals surface area contributed by atoms with E-state index in [0.717, 1.165) is 115 Å². The Balaban J connectivity index is 0.00000260. The van der Waals surface area contributed by atoms with Crippen molar-refractivity contribution in [1.29, 1.82) is 0 Å². The third-order valence-electron chi connectivity index (χ3n) is 14.7. The van der Waals surface area contributed by atoms with E-state index in [1.807, 2.05) is 0 Å². The Bertz CT molecular complexity index is 2460. The molecule has 92 heavy (non-hydrogen) atoms. The van der Waals surface area contributed by atoms with Gasteiger partial charge < -0.3 is 18.9 Å². The van der Waals surface area contributed by atoms with Gasteiger partial charge >= 0.3 is 0 Å². The zero-order valence-corrected chi connectivity index (χ0v) is 67.2. The minimum atomic E-state index is -0.750. The maximum atomic E-state index is 6.74. The van der Waals surface area contributed by atoms with Crippen LogP contribution in [0.1, 0.15) is 233 Å². The van der Waals surface area contributed by atoms with Crippen LogP contribution in [0.3, 0.4) is 0 Å². The van der Waals surface area contributed by atoms with E-state index < -0.39 is 8.59 Å². The van der Waals surface area contributed by atoms with Gasteiger partial charge in [-0.2, -0.15) is 0 Å². The van der Waals surface area contributed by atoms with Crippen molar-refractivity contribution in [3.63, 3.8) is 0 Å². The lowest BCUT2D eigenvalue weighted by atomic mass is 10.1. The second-order valence-electron chi connectivity index (χ2n) is 22.2. The normalized spacial score (nSPS) is 12.7. The van der Waals surface area contributed by atoms with E-state index >= 15 is 0 Å². The number of hydrogen-bond donors (Lipinski definition) is 0. The highest BCUT2D eigenvalue weighted by Crippen LogP contribution is 2.57. The van der Waals surface area contributed by atoms with Gasteiger partial charge in [-0.25, -0.2) is 0 Å². The summed E-state index contributed by atoms with van der Waals surface area (Å²) in [5.41, 5.74) is 0. The Morgan fingerprint density at radius 3 is 0.641 bits per heavy atom. The highest BCUT2D eigenvalue weighted by Gasteiger charge is 2.22. The van der Waals surface area contributed by atoms with Crippen molar-refractivity contribution in [3.8, 4) is 23.0 Å². The fraction of sp³-hybridized carbons (Fsp3) is 0.622. The molecule has 0 aromatic heterocycles. The van der Waals surface area contributed by atoms with Crippen LogP contribution in [0.25, 0.3) is 30.0 Å². The first-order valence-electron chi connectivity index (χ1n) is 33.5. The van der Waals surface area contributed by atoms with E-state index in [4.69, 9.17) is 88.6 Å². The summed E-state index contributed by atoms with van der Waals surface area (Å²) in [6, 6.07) is 37.6. The predicted octanol–water partition coefficient (Wildman–Crippen LogP) is 27.5. The first-order chi connectivity index (χ1) is 44.9. The van der Waals surface area contributed by atoms with Crippen LogP contribution in [0.15, 0.2) is 41.2 Å². The molecule has 5 rings (SSSR count). The molecule has 3 aromatic carbocycles. The van der Waals surface area contributed by atoms with E-state index in [-0.39, 0.29) is 0 Å². The standard InChI is InChI=1S/C72H100O4S8.2CHCl3/c1-9-13-17-21-25-29-33-37-49-73-63-53-59-45-41-57(67-81-69(77-5)70(78-6)82-67)43-47-61-55-65(75-51-39-35-31-27-23-19-15-11-3)66(76-52-40-36-32-28-24-20-16-12-4)56-62(61)48-44-58(68-83-71(79-7)72(80-8)84-68)42-46-60(59)54-64(63)74-50-38-34-30-26-22-18-14-10-2;2*2-1(3)4/h53-56H,9-40,49-52H2,1-8H3;2*1H. The molecule has 0 fully saturated rings. The van der Waals surface area contributed by atoms with Gasteiger partial charge in [-0.3, -0.25) is 0 Å². The van der Waals surface area contributed by atoms with Crippen molar-refractivity contribution in [3.05, 3.63) is 100 Å². The summed E-state index contributed by atoms with van der Waals surface area (Å²) in [5.74, 6) is 2.90. The highest BCUT2D eigenvalue weighted by molar-refractivity contribution is 8.46. The number of thioether (sulfide) groups is 8. The predicted molar refractivity (Wildman–Crippen MR) is 427 cm³/mol. The molecule has 2 heterocycles. The van der Waals surface area contributed by atoms with E-state index in [1.165, 1.54) is 171 Å². The lowest BCUT2D eigenvalue weighted by Gasteiger charge is -2.13. The number of unbranched alkanes of at least 4 members (excludes halogenated alkanes) is 28. The highest BCUT2D eigenvalue weighted by atomic mass is 35.6. The SMILES string of the molecule is CCCCCCCCCCOc1cc2c#cc(=C3SC(SC)=C(SC)S3)c#cc3cc(OCCCCCCCCCC)c(OCCCCCCCCCC)cc3c#cc(=C3SC(SC)=C(SC)S3)c#cc2cc1OCCCCCCCCCC.ClC(Cl)Cl.ClC(Cl)Cl. The summed E-state index contributed by atoms with van der Waals surface area (Å²) < 4.78 is 32.7. The monoisotopic (exact) mass is 1520 g/mol. The topological polar surface area (TPSA) is 36.9 Å². The summed E-state index contributed by atoms with van der Waals surface area (Å²) in [7, 11) is 0. The Kier molecular flexibility index (Phi) is 52.3. The van der Waals surface area contributed by atoms with Crippen molar-refractivity contribution in [1.82, 2.24) is 0 Å². The Hall–Kier alpha value is -0.620. The number of alkyl halides is 6. The van der Waals surface area contributed by atoms with Crippen LogP contribution < -0.4 is 29.4 Å². The van der Waals surface area contributed by atoms with Gasteiger partial charge in [0.25, 0.3) is 0 Å². The second-order valence-corrected chi connectivity index (χ2v) is 35.0. The van der Waals surface area contributed by atoms with Gasteiger partial charge in [-0.15, -0.1) is 47.0 Å². The fourth-order valence-electron chi connectivity index (χ4n) is 9.69. The summed E-state index contributed by atoms with van der Waals surface area (Å²) in [4.78, 5) is 0.